The molecule has 18 heavy (non-hydrogen) atoms. The number of hydrogen-bond donors (Lipinski definition) is 0. The second-order valence-electron chi connectivity index (χ2n) is 4.56. The zero-order valence-corrected chi connectivity index (χ0v) is 12.3. The zero-order chi connectivity index (χ0) is 13.8. The lowest BCUT2D eigenvalue weighted by molar-refractivity contribution is -0.143. The van der Waals surface area contributed by atoms with Crippen molar-refractivity contribution in [2.45, 2.75) is 77.1 Å². The first-order valence-electron chi connectivity index (χ1n) is 6.83. The van der Waals surface area contributed by atoms with Gasteiger partial charge in [-0.25, -0.2) is 0 Å². The Kier molecular flexibility index (Phi) is 11.4. The molecule has 0 saturated carbocycles. The van der Waals surface area contributed by atoms with E-state index in [2.05, 4.69) is 6.92 Å². The molecule has 0 radical (unpaired) electrons. The van der Waals surface area contributed by atoms with Crippen LogP contribution in [0.5, 0.6) is 0 Å². The van der Waals surface area contributed by atoms with Crippen molar-refractivity contribution < 1.29 is 18.3 Å². The molecule has 0 saturated heterocycles. The summed E-state index contributed by atoms with van der Waals surface area (Å²) in [6.45, 7) is 3.42. The van der Waals surface area contributed by atoms with Gasteiger partial charge in [0.15, 0.2) is 5.44 Å². The fourth-order valence-electron chi connectivity index (χ4n) is 1.82. The molecule has 0 aromatic rings. The lowest BCUT2D eigenvalue weighted by atomic mass is 10.1. The molecule has 0 bridgehead atoms. The fraction of sp³-hybridized carbons (Fsp3) is 0.923. The van der Waals surface area contributed by atoms with E-state index in [1.165, 1.54) is 39.0 Å². The first-order valence-corrected chi connectivity index (χ1v) is 7.97. The Bertz CT molecular complexity index is 243. The van der Waals surface area contributed by atoms with Crippen molar-refractivity contribution in [1.82, 2.24) is 0 Å². The molecule has 0 aliphatic carbocycles. The minimum Gasteiger partial charge on any atom is -0.770 e. The van der Waals surface area contributed by atoms with E-state index in [0.717, 1.165) is 19.3 Å². The first kappa shape index (κ1) is 17.6. The maximum Gasteiger partial charge on any atom is 0.303 e. The van der Waals surface area contributed by atoms with Crippen molar-refractivity contribution in [3.63, 3.8) is 0 Å². The maximum atomic E-state index is 10.8. The highest BCUT2D eigenvalue weighted by Crippen LogP contribution is 2.13. The Morgan fingerprint density at radius 3 is 2.06 bits per heavy atom. The Balaban J connectivity index is 3.49. The third-order valence-electron chi connectivity index (χ3n) is 2.81. The molecule has 0 N–H and O–H groups in total. The zero-order valence-electron chi connectivity index (χ0n) is 11.5. The van der Waals surface area contributed by atoms with Crippen LogP contribution in [0.4, 0.5) is 0 Å². The Morgan fingerprint density at radius 1 is 1.11 bits per heavy atom. The van der Waals surface area contributed by atoms with Crippen molar-refractivity contribution in [3.8, 4) is 0 Å². The largest absolute Gasteiger partial charge is 0.770 e. The summed E-state index contributed by atoms with van der Waals surface area (Å²) in [6.07, 6.45) is 9.63. The van der Waals surface area contributed by atoms with Crippen LogP contribution in [0.3, 0.4) is 0 Å². The quantitative estimate of drug-likeness (QED) is 0.330. The summed E-state index contributed by atoms with van der Waals surface area (Å²) < 4.78 is 26.3. The van der Waals surface area contributed by atoms with Gasteiger partial charge in [-0.2, -0.15) is 0 Å². The molecule has 108 valence electrons. The average Bonchev–Trinajstić information content (AvgIpc) is 2.30. The summed E-state index contributed by atoms with van der Waals surface area (Å²) in [5.74, 6) is -0.538. The minimum absolute atomic E-state index is 0.407. The third kappa shape index (κ3) is 10.7. The standard InChI is InChI=1S/C13H26O4S/c1-3-4-5-6-7-8-9-10-11-13(18(15)16)17-12(2)14/h13H,3-11H2,1-2H3,(H,15,16)/p-1. The number of unbranched alkanes of at least 4 members (excludes halogenated alkanes) is 7. The Hall–Kier alpha value is -0.420. The predicted octanol–water partition coefficient (Wildman–Crippen LogP) is 3.29. The molecule has 0 spiro atoms. The van der Waals surface area contributed by atoms with E-state index >= 15 is 0 Å². The smallest absolute Gasteiger partial charge is 0.303 e. The molecule has 0 fully saturated rings. The monoisotopic (exact) mass is 277 g/mol. The van der Waals surface area contributed by atoms with Crippen molar-refractivity contribution in [2.24, 2.45) is 0 Å². The Labute approximate surface area is 113 Å². The Morgan fingerprint density at radius 2 is 1.61 bits per heavy atom. The summed E-state index contributed by atoms with van der Waals surface area (Å²) in [7, 11) is 0. The second kappa shape index (κ2) is 11.7. The van der Waals surface area contributed by atoms with Gasteiger partial charge in [0.05, 0.1) is 0 Å². The number of carbonyl (C=O) groups excluding carboxylic acids is 1. The maximum absolute atomic E-state index is 10.8. The molecule has 0 aliphatic heterocycles. The lowest BCUT2D eigenvalue weighted by Gasteiger charge is -2.19. The number of esters is 1. The molecule has 0 rings (SSSR count). The topological polar surface area (TPSA) is 66.4 Å². The number of ether oxygens (including phenoxy) is 1. The van der Waals surface area contributed by atoms with Crippen LogP contribution in [0.15, 0.2) is 0 Å². The van der Waals surface area contributed by atoms with Gasteiger partial charge in [-0.3, -0.25) is 9.00 Å². The van der Waals surface area contributed by atoms with Gasteiger partial charge in [-0.1, -0.05) is 51.9 Å². The normalized spacial score (nSPS) is 14.2. The van der Waals surface area contributed by atoms with Gasteiger partial charge in [0, 0.05) is 6.92 Å². The van der Waals surface area contributed by atoms with E-state index in [-0.39, 0.29) is 0 Å². The molecular weight excluding hydrogens is 252 g/mol. The van der Waals surface area contributed by atoms with Crippen LogP contribution in [0.1, 0.15) is 71.6 Å². The highest BCUT2D eigenvalue weighted by atomic mass is 32.2. The third-order valence-corrected chi connectivity index (χ3v) is 3.57. The SMILES string of the molecule is CCCCCCCCCCC(OC(C)=O)S(=O)[O-]. The van der Waals surface area contributed by atoms with Gasteiger partial charge in [-0.05, 0) is 23.9 Å². The summed E-state index contributed by atoms with van der Waals surface area (Å²) >= 11 is -2.33. The van der Waals surface area contributed by atoms with E-state index < -0.39 is 22.5 Å². The molecular formula is C13H25O4S-. The molecule has 2 unspecified atom stereocenters. The van der Waals surface area contributed by atoms with E-state index in [1.54, 1.807) is 0 Å². The van der Waals surface area contributed by atoms with E-state index in [1.807, 2.05) is 0 Å². The summed E-state index contributed by atoms with van der Waals surface area (Å²) in [4.78, 5) is 10.7. The van der Waals surface area contributed by atoms with E-state index in [4.69, 9.17) is 4.74 Å². The van der Waals surface area contributed by atoms with Crippen LogP contribution >= 0.6 is 0 Å². The average molecular weight is 277 g/mol. The summed E-state index contributed by atoms with van der Waals surface area (Å²) in [6, 6.07) is 0. The number of hydrogen-bond acceptors (Lipinski definition) is 4. The summed E-state index contributed by atoms with van der Waals surface area (Å²) in [5.41, 5.74) is -0.970. The van der Waals surface area contributed by atoms with Crippen LogP contribution in [-0.4, -0.2) is 20.2 Å². The van der Waals surface area contributed by atoms with Crippen LogP contribution < -0.4 is 0 Å². The van der Waals surface area contributed by atoms with Crippen molar-refractivity contribution in [1.29, 1.82) is 0 Å². The first-order chi connectivity index (χ1) is 8.57. The second-order valence-corrected chi connectivity index (χ2v) is 5.61. The highest BCUT2D eigenvalue weighted by molar-refractivity contribution is 7.79. The van der Waals surface area contributed by atoms with Crippen molar-refractivity contribution in [2.75, 3.05) is 0 Å². The number of carbonyl (C=O) groups is 1. The molecule has 0 aliphatic rings. The van der Waals surface area contributed by atoms with Crippen molar-refractivity contribution in [3.05, 3.63) is 0 Å². The highest BCUT2D eigenvalue weighted by Gasteiger charge is 2.11. The molecule has 0 heterocycles. The molecule has 0 aromatic heterocycles. The van der Waals surface area contributed by atoms with Gasteiger partial charge in [0.1, 0.15) is 0 Å². The van der Waals surface area contributed by atoms with Gasteiger partial charge in [0.25, 0.3) is 0 Å². The summed E-state index contributed by atoms with van der Waals surface area (Å²) in [5, 5.41) is 0. The van der Waals surface area contributed by atoms with Gasteiger partial charge >= 0.3 is 5.97 Å². The minimum atomic E-state index is -2.33. The number of rotatable bonds is 11. The van der Waals surface area contributed by atoms with Crippen LogP contribution in [0, 0.1) is 0 Å². The van der Waals surface area contributed by atoms with Crippen molar-refractivity contribution >= 4 is 17.0 Å². The van der Waals surface area contributed by atoms with Gasteiger partial charge in [-0.15, -0.1) is 0 Å². The molecule has 4 nitrogen and oxygen atoms in total. The molecule has 0 amide bonds. The van der Waals surface area contributed by atoms with Gasteiger partial charge in [0.2, 0.25) is 0 Å². The predicted molar refractivity (Wildman–Crippen MR) is 71.7 cm³/mol. The van der Waals surface area contributed by atoms with E-state index in [0.29, 0.717) is 6.42 Å². The molecule has 5 heteroatoms. The van der Waals surface area contributed by atoms with Crippen LogP contribution in [0.25, 0.3) is 0 Å². The van der Waals surface area contributed by atoms with Crippen LogP contribution in [0.2, 0.25) is 0 Å². The van der Waals surface area contributed by atoms with Crippen LogP contribution in [-0.2, 0) is 20.6 Å². The van der Waals surface area contributed by atoms with E-state index in [9.17, 15) is 13.6 Å². The molecule has 2 atom stereocenters. The fourth-order valence-corrected chi connectivity index (χ4v) is 2.40. The molecule has 0 aromatic carbocycles. The lowest BCUT2D eigenvalue weighted by Crippen LogP contribution is -2.21. The van der Waals surface area contributed by atoms with Gasteiger partial charge < -0.3 is 9.29 Å².